The molecule has 1 aliphatic rings. The average Bonchev–Trinajstić information content (AvgIpc) is 2.47. The fourth-order valence-electron chi connectivity index (χ4n) is 2.85. The predicted molar refractivity (Wildman–Crippen MR) is 83.6 cm³/mol. The molecular formula is C16H18N2O2S. The number of benzene rings is 2. The monoisotopic (exact) mass is 302 g/mol. The Balaban J connectivity index is 1.82. The van der Waals surface area contributed by atoms with Crippen molar-refractivity contribution < 1.29 is 8.42 Å². The van der Waals surface area contributed by atoms with Crippen molar-refractivity contribution in [1.82, 2.24) is 0 Å². The first-order chi connectivity index (χ1) is 10.0. The highest BCUT2D eigenvalue weighted by Gasteiger charge is 2.19. The first-order valence-corrected chi connectivity index (χ1v) is 8.56. The van der Waals surface area contributed by atoms with Crippen LogP contribution >= 0.6 is 0 Å². The molecule has 5 heteroatoms. The van der Waals surface area contributed by atoms with E-state index in [1.165, 1.54) is 23.3 Å². The van der Waals surface area contributed by atoms with Crippen LogP contribution in [0.4, 0.5) is 5.69 Å². The molecule has 3 N–H and O–H groups in total. The van der Waals surface area contributed by atoms with Gasteiger partial charge in [-0.05, 0) is 54.7 Å². The van der Waals surface area contributed by atoms with E-state index >= 15 is 0 Å². The number of nitrogens with two attached hydrogens (primary N) is 1. The molecule has 3 rings (SSSR count). The van der Waals surface area contributed by atoms with E-state index in [-0.39, 0.29) is 10.9 Å². The van der Waals surface area contributed by atoms with Gasteiger partial charge in [-0.3, -0.25) is 0 Å². The fraction of sp³-hybridized carbons (Fsp3) is 0.250. The zero-order valence-electron chi connectivity index (χ0n) is 11.6. The van der Waals surface area contributed by atoms with Crippen LogP contribution in [0.15, 0.2) is 53.4 Å². The zero-order valence-corrected chi connectivity index (χ0v) is 12.4. The lowest BCUT2D eigenvalue weighted by molar-refractivity contribution is 0.597. The van der Waals surface area contributed by atoms with Crippen LogP contribution in [0, 0.1) is 0 Å². The predicted octanol–water partition coefficient (Wildman–Crippen LogP) is 2.82. The third-order valence-electron chi connectivity index (χ3n) is 3.89. The molecule has 0 amide bonds. The van der Waals surface area contributed by atoms with Crippen molar-refractivity contribution in [3.8, 4) is 0 Å². The van der Waals surface area contributed by atoms with E-state index in [1.54, 1.807) is 12.1 Å². The van der Waals surface area contributed by atoms with Crippen molar-refractivity contribution in [1.29, 1.82) is 0 Å². The number of aryl methyl sites for hydroxylation is 1. The van der Waals surface area contributed by atoms with Crippen LogP contribution in [-0.4, -0.2) is 8.42 Å². The maximum atomic E-state index is 11.3. The largest absolute Gasteiger partial charge is 0.378 e. The Labute approximate surface area is 125 Å². The minimum Gasteiger partial charge on any atom is -0.378 e. The van der Waals surface area contributed by atoms with Crippen molar-refractivity contribution in [3.63, 3.8) is 0 Å². The molecule has 2 aromatic rings. The summed E-state index contributed by atoms with van der Waals surface area (Å²) in [6.07, 6.45) is 3.36. The molecule has 0 fully saturated rings. The normalized spacial score (nSPS) is 18.0. The van der Waals surface area contributed by atoms with E-state index in [4.69, 9.17) is 5.14 Å². The van der Waals surface area contributed by atoms with Crippen molar-refractivity contribution in [2.24, 2.45) is 5.14 Å². The molecule has 0 aromatic heterocycles. The van der Waals surface area contributed by atoms with E-state index in [0.29, 0.717) is 0 Å². The van der Waals surface area contributed by atoms with Gasteiger partial charge in [-0.15, -0.1) is 0 Å². The second-order valence-corrected chi connectivity index (χ2v) is 6.92. The average molecular weight is 302 g/mol. The third kappa shape index (κ3) is 3.09. The van der Waals surface area contributed by atoms with Gasteiger partial charge in [-0.1, -0.05) is 24.3 Å². The van der Waals surface area contributed by atoms with Crippen LogP contribution in [0.25, 0.3) is 0 Å². The van der Waals surface area contributed by atoms with Crippen LogP contribution in [-0.2, 0) is 16.4 Å². The Morgan fingerprint density at radius 1 is 1.05 bits per heavy atom. The molecule has 21 heavy (non-hydrogen) atoms. The van der Waals surface area contributed by atoms with Gasteiger partial charge in [-0.25, -0.2) is 13.6 Å². The summed E-state index contributed by atoms with van der Waals surface area (Å²) in [5.41, 5.74) is 3.63. The maximum Gasteiger partial charge on any atom is 0.238 e. The molecule has 0 saturated heterocycles. The fourth-order valence-corrected chi connectivity index (χ4v) is 3.36. The molecule has 0 saturated carbocycles. The van der Waals surface area contributed by atoms with Gasteiger partial charge in [0.05, 0.1) is 10.9 Å². The first kappa shape index (κ1) is 14.1. The quantitative estimate of drug-likeness (QED) is 0.915. The van der Waals surface area contributed by atoms with Crippen molar-refractivity contribution >= 4 is 15.7 Å². The van der Waals surface area contributed by atoms with Crippen LogP contribution in [0.1, 0.15) is 30.0 Å². The van der Waals surface area contributed by atoms with Gasteiger partial charge in [0.2, 0.25) is 10.0 Å². The molecule has 0 bridgehead atoms. The lowest BCUT2D eigenvalue weighted by Gasteiger charge is -2.27. The number of fused-ring (bicyclic) bond motifs is 1. The van der Waals surface area contributed by atoms with Crippen molar-refractivity contribution in [2.75, 3.05) is 5.32 Å². The zero-order chi connectivity index (χ0) is 14.9. The number of anilines is 1. The molecule has 2 aromatic carbocycles. The Bertz CT molecular complexity index is 739. The standard InChI is InChI=1S/C16H18N2O2S/c17-21(19,20)14-10-8-13(9-11-14)18-16-7-3-5-12-4-1-2-6-15(12)16/h1-2,4,6,8-11,16,18H,3,5,7H2,(H2,17,19,20). The Kier molecular flexibility index (Phi) is 3.69. The highest BCUT2D eigenvalue weighted by molar-refractivity contribution is 7.89. The van der Waals surface area contributed by atoms with Gasteiger partial charge in [0.15, 0.2) is 0 Å². The molecule has 0 aliphatic heterocycles. The number of sulfonamides is 1. The van der Waals surface area contributed by atoms with Gasteiger partial charge in [0.1, 0.15) is 0 Å². The summed E-state index contributed by atoms with van der Waals surface area (Å²) in [7, 11) is -3.63. The van der Waals surface area contributed by atoms with Crippen LogP contribution in [0.3, 0.4) is 0 Å². The summed E-state index contributed by atoms with van der Waals surface area (Å²) in [4.78, 5) is 0.136. The van der Waals surface area contributed by atoms with E-state index in [1.807, 2.05) is 0 Å². The second kappa shape index (κ2) is 5.50. The third-order valence-corrected chi connectivity index (χ3v) is 4.82. The molecule has 1 atom stereocenters. The Hall–Kier alpha value is -1.85. The van der Waals surface area contributed by atoms with Gasteiger partial charge in [0, 0.05) is 5.69 Å². The topological polar surface area (TPSA) is 72.2 Å². The second-order valence-electron chi connectivity index (χ2n) is 5.36. The summed E-state index contributed by atoms with van der Waals surface area (Å²) < 4.78 is 22.5. The van der Waals surface area contributed by atoms with Gasteiger partial charge in [-0.2, -0.15) is 0 Å². The SMILES string of the molecule is NS(=O)(=O)c1ccc(NC2CCCc3ccccc32)cc1. The van der Waals surface area contributed by atoms with E-state index in [0.717, 1.165) is 24.9 Å². The lowest BCUT2D eigenvalue weighted by atomic mass is 9.87. The van der Waals surface area contributed by atoms with Gasteiger partial charge < -0.3 is 5.32 Å². The molecule has 4 nitrogen and oxygen atoms in total. The number of nitrogens with one attached hydrogen (secondary N) is 1. The molecule has 110 valence electrons. The summed E-state index contributed by atoms with van der Waals surface area (Å²) in [6, 6.07) is 15.3. The van der Waals surface area contributed by atoms with E-state index in [2.05, 4.69) is 29.6 Å². The minimum atomic E-state index is -3.63. The molecule has 0 heterocycles. The number of primary sulfonamides is 1. The van der Waals surface area contributed by atoms with Gasteiger partial charge >= 0.3 is 0 Å². The van der Waals surface area contributed by atoms with Crippen LogP contribution < -0.4 is 10.5 Å². The number of rotatable bonds is 3. The summed E-state index contributed by atoms with van der Waals surface area (Å²) >= 11 is 0. The number of hydrogen-bond acceptors (Lipinski definition) is 3. The highest BCUT2D eigenvalue weighted by Crippen LogP contribution is 2.32. The molecular weight excluding hydrogens is 284 g/mol. The van der Waals surface area contributed by atoms with E-state index in [9.17, 15) is 8.42 Å². The minimum absolute atomic E-state index is 0.136. The molecule has 0 radical (unpaired) electrons. The lowest BCUT2D eigenvalue weighted by Crippen LogP contribution is -2.17. The summed E-state index contributed by atoms with van der Waals surface area (Å²) in [5, 5.41) is 8.59. The maximum absolute atomic E-state index is 11.3. The first-order valence-electron chi connectivity index (χ1n) is 7.01. The van der Waals surface area contributed by atoms with Crippen molar-refractivity contribution in [3.05, 3.63) is 59.7 Å². The molecule has 1 unspecified atom stereocenters. The van der Waals surface area contributed by atoms with Crippen LogP contribution in [0.5, 0.6) is 0 Å². The van der Waals surface area contributed by atoms with Gasteiger partial charge in [0.25, 0.3) is 0 Å². The van der Waals surface area contributed by atoms with Crippen LogP contribution in [0.2, 0.25) is 0 Å². The smallest absolute Gasteiger partial charge is 0.238 e. The Morgan fingerprint density at radius 2 is 1.76 bits per heavy atom. The highest BCUT2D eigenvalue weighted by atomic mass is 32.2. The number of hydrogen-bond donors (Lipinski definition) is 2. The molecule has 0 spiro atoms. The summed E-state index contributed by atoms with van der Waals surface area (Å²) in [5.74, 6) is 0. The van der Waals surface area contributed by atoms with Crippen molar-refractivity contribution in [2.45, 2.75) is 30.2 Å². The van der Waals surface area contributed by atoms with E-state index < -0.39 is 10.0 Å². The molecule has 1 aliphatic carbocycles. The summed E-state index contributed by atoms with van der Waals surface area (Å²) in [6.45, 7) is 0. The Morgan fingerprint density at radius 3 is 2.48 bits per heavy atom.